The smallest absolute Gasteiger partial charge is 0.0526 e. The maximum atomic E-state index is 9.45. The van der Waals surface area contributed by atoms with Crippen LogP contribution in [0.5, 0.6) is 0 Å². The van der Waals surface area contributed by atoms with Gasteiger partial charge in [0.1, 0.15) is 0 Å². The molecule has 1 aromatic rings. The van der Waals surface area contributed by atoms with Crippen LogP contribution in [0.1, 0.15) is 38.7 Å². The van der Waals surface area contributed by atoms with Crippen LogP contribution in [0.4, 0.5) is 0 Å². The van der Waals surface area contributed by atoms with E-state index < -0.39 is 0 Å². The zero-order chi connectivity index (χ0) is 14.4. The summed E-state index contributed by atoms with van der Waals surface area (Å²) in [4.78, 5) is 2.53. The molecule has 1 aromatic carbocycles. The summed E-state index contributed by atoms with van der Waals surface area (Å²) >= 11 is 0. The molecular formula is C17H28N2O. The Bertz CT molecular complexity index is 380. The average Bonchev–Trinajstić information content (AvgIpc) is 2.39. The van der Waals surface area contributed by atoms with Crippen molar-refractivity contribution in [2.24, 2.45) is 0 Å². The molecule has 1 fully saturated rings. The lowest BCUT2D eigenvalue weighted by Crippen LogP contribution is -2.48. The van der Waals surface area contributed by atoms with Gasteiger partial charge in [-0.1, -0.05) is 30.3 Å². The quantitative estimate of drug-likeness (QED) is 0.837. The molecule has 20 heavy (non-hydrogen) atoms. The lowest BCUT2D eigenvalue weighted by molar-refractivity contribution is 0.148. The van der Waals surface area contributed by atoms with E-state index in [4.69, 9.17) is 0 Å². The van der Waals surface area contributed by atoms with E-state index in [9.17, 15) is 5.11 Å². The minimum absolute atomic E-state index is 0.221. The molecule has 3 unspecified atom stereocenters. The SMILES string of the molecule is CC(O)CC(C)NC1CCCN(Cc2ccccc2)C1. The summed E-state index contributed by atoms with van der Waals surface area (Å²) in [5.74, 6) is 0. The largest absolute Gasteiger partial charge is 0.393 e. The maximum absolute atomic E-state index is 9.45. The Labute approximate surface area is 123 Å². The van der Waals surface area contributed by atoms with Gasteiger partial charge in [0.25, 0.3) is 0 Å². The first-order valence-corrected chi connectivity index (χ1v) is 7.84. The van der Waals surface area contributed by atoms with Crippen molar-refractivity contribution < 1.29 is 5.11 Å². The third kappa shape index (κ3) is 5.23. The molecule has 1 saturated heterocycles. The number of rotatable bonds is 6. The van der Waals surface area contributed by atoms with Crippen molar-refractivity contribution in [1.29, 1.82) is 0 Å². The first-order chi connectivity index (χ1) is 9.63. The van der Waals surface area contributed by atoms with Crippen LogP contribution in [0.25, 0.3) is 0 Å². The molecule has 3 nitrogen and oxygen atoms in total. The van der Waals surface area contributed by atoms with Crippen LogP contribution < -0.4 is 5.32 Å². The molecule has 3 heteroatoms. The second-order valence-corrected chi connectivity index (χ2v) is 6.21. The first kappa shape index (κ1) is 15.5. The Morgan fingerprint density at radius 3 is 2.75 bits per heavy atom. The highest BCUT2D eigenvalue weighted by atomic mass is 16.3. The second-order valence-electron chi connectivity index (χ2n) is 6.21. The monoisotopic (exact) mass is 276 g/mol. The van der Waals surface area contributed by atoms with Crippen LogP contribution in [-0.2, 0) is 6.54 Å². The van der Waals surface area contributed by atoms with Crippen molar-refractivity contribution >= 4 is 0 Å². The van der Waals surface area contributed by atoms with E-state index in [1.54, 1.807) is 0 Å². The topological polar surface area (TPSA) is 35.5 Å². The fourth-order valence-corrected chi connectivity index (χ4v) is 3.16. The number of piperidine rings is 1. The van der Waals surface area contributed by atoms with Gasteiger partial charge in [0.05, 0.1) is 6.10 Å². The summed E-state index contributed by atoms with van der Waals surface area (Å²) in [7, 11) is 0. The molecule has 1 heterocycles. The number of benzene rings is 1. The molecule has 2 rings (SSSR count). The zero-order valence-electron chi connectivity index (χ0n) is 12.8. The molecule has 1 aliphatic rings. The Kier molecular flexibility index (Phi) is 6.02. The van der Waals surface area contributed by atoms with Crippen LogP contribution in [0.15, 0.2) is 30.3 Å². The van der Waals surface area contributed by atoms with Gasteiger partial charge < -0.3 is 10.4 Å². The Hall–Kier alpha value is -0.900. The molecule has 2 N–H and O–H groups in total. The van der Waals surface area contributed by atoms with E-state index in [0.29, 0.717) is 12.1 Å². The molecule has 1 aliphatic heterocycles. The molecule has 0 bridgehead atoms. The summed E-state index contributed by atoms with van der Waals surface area (Å²) in [6.45, 7) is 7.38. The normalized spacial score (nSPS) is 23.4. The molecule has 0 spiro atoms. The predicted molar refractivity (Wildman–Crippen MR) is 83.6 cm³/mol. The minimum Gasteiger partial charge on any atom is -0.393 e. The number of aliphatic hydroxyl groups is 1. The molecule has 3 atom stereocenters. The summed E-state index contributed by atoms with van der Waals surface area (Å²) < 4.78 is 0. The number of hydrogen-bond donors (Lipinski definition) is 2. The number of aliphatic hydroxyl groups excluding tert-OH is 1. The van der Waals surface area contributed by atoms with Crippen LogP contribution in [-0.4, -0.2) is 41.3 Å². The highest BCUT2D eigenvalue weighted by molar-refractivity contribution is 5.14. The molecule has 0 radical (unpaired) electrons. The summed E-state index contributed by atoms with van der Waals surface area (Å²) in [6.07, 6.45) is 3.11. The number of hydrogen-bond acceptors (Lipinski definition) is 3. The molecule has 0 aromatic heterocycles. The van der Waals surface area contributed by atoms with Crippen molar-refractivity contribution in [3.63, 3.8) is 0 Å². The van der Waals surface area contributed by atoms with Gasteiger partial charge in [-0.25, -0.2) is 0 Å². The van der Waals surface area contributed by atoms with E-state index >= 15 is 0 Å². The van der Waals surface area contributed by atoms with Crippen LogP contribution >= 0.6 is 0 Å². The number of likely N-dealkylation sites (tertiary alicyclic amines) is 1. The van der Waals surface area contributed by atoms with Crippen LogP contribution in [0.2, 0.25) is 0 Å². The van der Waals surface area contributed by atoms with E-state index in [1.165, 1.54) is 24.9 Å². The van der Waals surface area contributed by atoms with Gasteiger partial charge in [0, 0.05) is 25.2 Å². The van der Waals surface area contributed by atoms with E-state index in [1.807, 2.05) is 6.92 Å². The number of nitrogens with zero attached hydrogens (tertiary/aromatic N) is 1. The van der Waals surface area contributed by atoms with Gasteiger partial charge in [-0.15, -0.1) is 0 Å². The molecule has 112 valence electrons. The molecule has 0 saturated carbocycles. The van der Waals surface area contributed by atoms with Gasteiger partial charge in [-0.05, 0) is 45.2 Å². The number of nitrogens with one attached hydrogen (secondary N) is 1. The van der Waals surface area contributed by atoms with Gasteiger partial charge >= 0.3 is 0 Å². The minimum atomic E-state index is -0.221. The summed E-state index contributed by atoms with van der Waals surface area (Å²) in [5.41, 5.74) is 1.39. The third-order valence-electron chi connectivity index (χ3n) is 3.97. The van der Waals surface area contributed by atoms with Gasteiger partial charge in [-0.2, -0.15) is 0 Å². The second kappa shape index (κ2) is 7.77. The molecule has 0 aliphatic carbocycles. The fourth-order valence-electron chi connectivity index (χ4n) is 3.16. The van der Waals surface area contributed by atoms with E-state index in [0.717, 1.165) is 19.5 Å². The van der Waals surface area contributed by atoms with Crippen LogP contribution in [0, 0.1) is 0 Å². The van der Waals surface area contributed by atoms with Crippen molar-refractivity contribution in [1.82, 2.24) is 10.2 Å². The molecule has 0 amide bonds. The lowest BCUT2D eigenvalue weighted by Gasteiger charge is -2.35. The van der Waals surface area contributed by atoms with Crippen molar-refractivity contribution in [3.8, 4) is 0 Å². The Morgan fingerprint density at radius 2 is 2.05 bits per heavy atom. The Balaban J connectivity index is 1.79. The maximum Gasteiger partial charge on any atom is 0.0526 e. The highest BCUT2D eigenvalue weighted by Crippen LogP contribution is 2.14. The van der Waals surface area contributed by atoms with Crippen molar-refractivity contribution in [2.75, 3.05) is 13.1 Å². The average molecular weight is 276 g/mol. The zero-order valence-corrected chi connectivity index (χ0v) is 12.8. The molecular weight excluding hydrogens is 248 g/mol. The van der Waals surface area contributed by atoms with Gasteiger partial charge in [-0.3, -0.25) is 4.90 Å². The van der Waals surface area contributed by atoms with E-state index in [2.05, 4.69) is 47.5 Å². The Morgan fingerprint density at radius 1 is 1.30 bits per heavy atom. The van der Waals surface area contributed by atoms with E-state index in [-0.39, 0.29) is 6.10 Å². The standard InChI is InChI=1S/C17H28N2O/c1-14(11-15(2)20)18-17-9-6-10-19(13-17)12-16-7-4-3-5-8-16/h3-5,7-8,14-15,17-18,20H,6,9-13H2,1-2H3. The van der Waals surface area contributed by atoms with Gasteiger partial charge in [0.2, 0.25) is 0 Å². The van der Waals surface area contributed by atoms with Crippen molar-refractivity contribution in [2.45, 2.75) is 57.8 Å². The third-order valence-corrected chi connectivity index (χ3v) is 3.97. The lowest BCUT2D eigenvalue weighted by atomic mass is 10.0. The van der Waals surface area contributed by atoms with Gasteiger partial charge in [0.15, 0.2) is 0 Å². The van der Waals surface area contributed by atoms with Crippen molar-refractivity contribution in [3.05, 3.63) is 35.9 Å². The van der Waals surface area contributed by atoms with Crippen LogP contribution in [0.3, 0.4) is 0 Å². The first-order valence-electron chi connectivity index (χ1n) is 7.84. The fraction of sp³-hybridized carbons (Fsp3) is 0.647. The predicted octanol–water partition coefficient (Wildman–Crippen LogP) is 2.40. The summed E-state index contributed by atoms with van der Waals surface area (Å²) in [5, 5.41) is 13.1. The highest BCUT2D eigenvalue weighted by Gasteiger charge is 2.21. The summed E-state index contributed by atoms with van der Waals surface area (Å²) in [6, 6.07) is 11.6.